The molecule has 0 atom stereocenters. The smallest absolute Gasteiger partial charge is 0.318 e. The second kappa shape index (κ2) is 6.51. The Labute approximate surface area is 133 Å². The van der Waals surface area contributed by atoms with Gasteiger partial charge < -0.3 is 5.11 Å². The van der Waals surface area contributed by atoms with E-state index in [4.69, 9.17) is 0 Å². The lowest BCUT2D eigenvalue weighted by molar-refractivity contribution is -0.394. The van der Waals surface area contributed by atoms with Crippen LogP contribution in [0.15, 0.2) is 23.3 Å². The first-order valence-corrected chi connectivity index (χ1v) is 6.30. The van der Waals surface area contributed by atoms with Gasteiger partial charge >= 0.3 is 5.69 Å². The number of rotatable bonds is 5. The van der Waals surface area contributed by atoms with E-state index in [1.807, 2.05) is 0 Å². The standard InChI is InChI=1S/C12H10N6O6/c1-6-2-9(15-14-6)12(20)16-13-5-7-3-8(17(21)22)4-10(11(7)19)18(23)24/h2-5,19H,1H3,(H,14,15)(H,16,20)/b13-5+. The van der Waals surface area contributed by atoms with Gasteiger partial charge in [0, 0.05) is 11.8 Å². The van der Waals surface area contributed by atoms with Crippen molar-refractivity contribution in [2.75, 3.05) is 0 Å². The number of nitro benzene ring substituents is 2. The molecule has 0 unspecified atom stereocenters. The van der Waals surface area contributed by atoms with Gasteiger partial charge in [-0.2, -0.15) is 10.2 Å². The van der Waals surface area contributed by atoms with Crippen LogP contribution >= 0.6 is 0 Å². The van der Waals surface area contributed by atoms with E-state index in [2.05, 4.69) is 20.7 Å². The number of nitrogens with one attached hydrogen (secondary N) is 2. The zero-order valence-electron chi connectivity index (χ0n) is 12.1. The molecule has 1 amide bonds. The van der Waals surface area contributed by atoms with Gasteiger partial charge in [0.1, 0.15) is 0 Å². The number of carbonyl (C=O) groups is 1. The summed E-state index contributed by atoms with van der Waals surface area (Å²) in [5.41, 5.74) is 1.04. The number of aryl methyl sites for hydroxylation is 1. The van der Waals surface area contributed by atoms with Crippen LogP contribution in [0.25, 0.3) is 0 Å². The van der Waals surface area contributed by atoms with Crippen LogP contribution in [-0.4, -0.2) is 37.3 Å². The fourth-order valence-electron chi connectivity index (χ4n) is 1.72. The average molecular weight is 334 g/mol. The number of phenolic OH excluding ortho intramolecular Hbond substituents is 1. The molecule has 2 rings (SSSR count). The molecule has 3 N–H and O–H groups in total. The Balaban J connectivity index is 2.26. The normalized spacial score (nSPS) is 10.7. The van der Waals surface area contributed by atoms with Gasteiger partial charge in [0.05, 0.1) is 27.7 Å². The van der Waals surface area contributed by atoms with E-state index < -0.39 is 32.9 Å². The summed E-state index contributed by atoms with van der Waals surface area (Å²) in [6.45, 7) is 1.69. The number of aromatic amines is 1. The minimum Gasteiger partial charge on any atom is -0.502 e. The maximum Gasteiger partial charge on any atom is 0.318 e. The zero-order chi connectivity index (χ0) is 17.9. The first-order chi connectivity index (χ1) is 11.3. The maximum atomic E-state index is 11.7. The zero-order valence-corrected chi connectivity index (χ0v) is 12.1. The molecule has 1 aromatic carbocycles. The third kappa shape index (κ3) is 3.49. The molecule has 0 aliphatic carbocycles. The van der Waals surface area contributed by atoms with E-state index in [1.165, 1.54) is 6.07 Å². The van der Waals surface area contributed by atoms with Gasteiger partial charge in [-0.15, -0.1) is 0 Å². The van der Waals surface area contributed by atoms with Crippen molar-refractivity contribution in [3.8, 4) is 5.75 Å². The van der Waals surface area contributed by atoms with Gasteiger partial charge in [-0.05, 0) is 13.0 Å². The monoisotopic (exact) mass is 334 g/mol. The van der Waals surface area contributed by atoms with Gasteiger partial charge in [0.15, 0.2) is 5.69 Å². The molecule has 2 aromatic rings. The van der Waals surface area contributed by atoms with Crippen molar-refractivity contribution < 1.29 is 19.7 Å². The van der Waals surface area contributed by atoms with E-state index in [0.717, 1.165) is 12.3 Å². The SMILES string of the molecule is Cc1cc(C(=O)N/N=C/c2cc([N+](=O)[O-])cc([N+](=O)[O-])c2O)n[nH]1. The summed E-state index contributed by atoms with van der Waals surface area (Å²) in [7, 11) is 0. The molecule has 12 heteroatoms. The van der Waals surface area contributed by atoms with E-state index in [0.29, 0.717) is 11.8 Å². The number of aromatic hydroxyl groups is 1. The number of nitrogens with zero attached hydrogens (tertiary/aromatic N) is 4. The number of phenols is 1. The Bertz CT molecular complexity index is 858. The minimum absolute atomic E-state index is 0.0545. The first kappa shape index (κ1) is 16.5. The van der Waals surface area contributed by atoms with Crippen LogP contribution < -0.4 is 5.43 Å². The maximum absolute atomic E-state index is 11.7. The van der Waals surface area contributed by atoms with Crippen LogP contribution in [0.1, 0.15) is 21.7 Å². The number of carbonyl (C=O) groups excluding carboxylic acids is 1. The molecule has 24 heavy (non-hydrogen) atoms. The Morgan fingerprint density at radius 1 is 1.33 bits per heavy atom. The Kier molecular flexibility index (Phi) is 4.49. The van der Waals surface area contributed by atoms with Gasteiger partial charge in [-0.25, -0.2) is 5.43 Å². The van der Waals surface area contributed by atoms with Gasteiger partial charge in [0.25, 0.3) is 11.6 Å². The summed E-state index contributed by atoms with van der Waals surface area (Å²) in [6, 6.07) is 2.97. The lowest BCUT2D eigenvalue weighted by Gasteiger charge is -2.01. The van der Waals surface area contributed by atoms with Crippen LogP contribution in [0.5, 0.6) is 5.75 Å². The molecule has 0 radical (unpaired) electrons. The summed E-state index contributed by atoms with van der Waals surface area (Å²) in [4.78, 5) is 31.5. The first-order valence-electron chi connectivity index (χ1n) is 6.30. The predicted octanol–water partition coefficient (Wildman–Crippen LogP) is 1.00. The summed E-state index contributed by atoms with van der Waals surface area (Å²) >= 11 is 0. The van der Waals surface area contributed by atoms with Gasteiger partial charge in [0.2, 0.25) is 5.75 Å². The number of hydrogen-bond donors (Lipinski definition) is 3. The number of aromatic nitrogens is 2. The highest BCUT2D eigenvalue weighted by Crippen LogP contribution is 2.33. The highest BCUT2D eigenvalue weighted by atomic mass is 16.6. The van der Waals surface area contributed by atoms with E-state index in [9.17, 15) is 30.1 Å². The van der Waals surface area contributed by atoms with Crippen LogP contribution in [0, 0.1) is 27.2 Å². The molecule has 0 aliphatic heterocycles. The number of amides is 1. The molecule has 124 valence electrons. The average Bonchev–Trinajstić information content (AvgIpc) is 2.94. The molecule has 0 saturated heterocycles. The largest absolute Gasteiger partial charge is 0.502 e. The number of hydrazone groups is 1. The van der Waals surface area contributed by atoms with Crippen LogP contribution in [0.2, 0.25) is 0 Å². The number of nitro groups is 2. The minimum atomic E-state index is -0.968. The lowest BCUT2D eigenvalue weighted by Crippen LogP contribution is -2.18. The molecular formula is C12H10N6O6. The molecule has 0 aliphatic rings. The molecule has 0 saturated carbocycles. The molecule has 0 bridgehead atoms. The van der Waals surface area contributed by atoms with E-state index >= 15 is 0 Å². The highest BCUT2D eigenvalue weighted by Gasteiger charge is 2.23. The Morgan fingerprint density at radius 3 is 2.58 bits per heavy atom. The lowest BCUT2D eigenvalue weighted by atomic mass is 10.1. The number of hydrogen-bond acceptors (Lipinski definition) is 8. The topological polar surface area (TPSA) is 177 Å². The quantitative estimate of drug-likeness (QED) is 0.414. The molecule has 1 heterocycles. The number of H-pyrrole nitrogens is 1. The van der Waals surface area contributed by atoms with Crippen LogP contribution in [0.4, 0.5) is 11.4 Å². The van der Waals surface area contributed by atoms with Crippen molar-refractivity contribution in [1.82, 2.24) is 15.6 Å². The van der Waals surface area contributed by atoms with Crippen LogP contribution in [-0.2, 0) is 0 Å². The van der Waals surface area contributed by atoms with Crippen molar-refractivity contribution in [3.63, 3.8) is 0 Å². The van der Waals surface area contributed by atoms with Crippen molar-refractivity contribution in [2.24, 2.45) is 5.10 Å². The van der Waals surface area contributed by atoms with Crippen molar-refractivity contribution in [3.05, 3.63) is 55.4 Å². The number of non-ortho nitro benzene ring substituents is 1. The predicted molar refractivity (Wildman–Crippen MR) is 79.8 cm³/mol. The second-order valence-electron chi connectivity index (χ2n) is 4.55. The fraction of sp³-hybridized carbons (Fsp3) is 0.0833. The molecule has 12 nitrogen and oxygen atoms in total. The molecule has 0 spiro atoms. The van der Waals surface area contributed by atoms with Crippen LogP contribution in [0.3, 0.4) is 0 Å². The van der Waals surface area contributed by atoms with E-state index in [-0.39, 0.29) is 11.3 Å². The van der Waals surface area contributed by atoms with E-state index in [1.54, 1.807) is 6.92 Å². The second-order valence-corrected chi connectivity index (χ2v) is 4.55. The van der Waals surface area contributed by atoms with Crippen molar-refractivity contribution in [2.45, 2.75) is 6.92 Å². The van der Waals surface area contributed by atoms with Gasteiger partial charge in [-0.1, -0.05) is 0 Å². The summed E-state index contributed by atoms with van der Waals surface area (Å²) in [5, 5.41) is 41.1. The Morgan fingerprint density at radius 2 is 2.04 bits per heavy atom. The number of benzene rings is 1. The molecular weight excluding hydrogens is 324 g/mol. The van der Waals surface area contributed by atoms with Crippen molar-refractivity contribution >= 4 is 23.5 Å². The third-order valence-electron chi connectivity index (χ3n) is 2.82. The Hall–Kier alpha value is -3.83. The summed E-state index contributed by atoms with van der Waals surface area (Å²) in [5.74, 6) is -1.48. The highest BCUT2D eigenvalue weighted by molar-refractivity contribution is 5.94. The summed E-state index contributed by atoms with van der Waals surface area (Å²) < 4.78 is 0. The summed E-state index contributed by atoms with van der Waals surface area (Å²) in [6.07, 6.45) is 0.854. The fourth-order valence-corrected chi connectivity index (χ4v) is 1.72. The van der Waals surface area contributed by atoms with Gasteiger partial charge in [-0.3, -0.25) is 30.1 Å². The third-order valence-corrected chi connectivity index (χ3v) is 2.82. The molecule has 0 fully saturated rings. The molecule has 1 aromatic heterocycles. The van der Waals surface area contributed by atoms with Crippen molar-refractivity contribution in [1.29, 1.82) is 0 Å².